The summed E-state index contributed by atoms with van der Waals surface area (Å²) in [5, 5.41) is 3.97. The van der Waals surface area contributed by atoms with Crippen LogP contribution in [0.15, 0.2) is 66.0 Å². The molecule has 0 radical (unpaired) electrons. The number of rotatable bonds is 8. The van der Waals surface area contributed by atoms with Gasteiger partial charge in [-0.3, -0.25) is 4.79 Å². The van der Waals surface area contributed by atoms with E-state index in [0.29, 0.717) is 12.1 Å². The zero-order valence-corrected chi connectivity index (χ0v) is 21.3. The lowest BCUT2D eigenvalue weighted by atomic mass is 10.1. The van der Waals surface area contributed by atoms with E-state index < -0.39 is 53.7 Å². The molecule has 1 heterocycles. The summed E-state index contributed by atoms with van der Waals surface area (Å²) in [5.41, 5.74) is -2.95. The largest absolute Gasteiger partial charge is 0.416 e. The number of anilines is 1. The van der Waals surface area contributed by atoms with Crippen molar-refractivity contribution < 1.29 is 35.9 Å². The molecule has 204 valence electrons. The molecule has 2 aromatic carbocycles. The molecule has 1 N–H and O–H groups in total. The molecular weight excluding hydrogens is 532 g/mol. The molecule has 0 aliphatic heterocycles. The minimum atomic E-state index is -5.06. The lowest BCUT2D eigenvalue weighted by molar-refractivity contribution is -0.143. The number of carbonyl (C=O) groups is 2. The summed E-state index contributed by atoms with van der Waals surface area (Å²) < 4.78 is 79.3. The third-order valence-electron chi connectivity index (χ3n) is 5.52. The highest BCUT2D eigenvalue weighted by molar-refractivity contribution is 7.09. The van der Waals surface area contributed by atoms with Crippen molar-refractivity contribution in [1.82, 2.24) is 9.80 Å². The quantitative estimate of drug-likeness (QED) is 0.297. The summed E-state index contributed by atoms with van der Waals surface area (Å²) in [6.07, 6.45) is -10.1. The Morgan fingerprint density at radius 3 is 1.97 bits per heavy atom. The molecule has 5 nitrogen and oxygen atoms in total. The van der Waals surface area contributed by atoms with Gasteiger partial charge in [0, 0.05) is 23.2 Å². The van der Waals surface area contributed by atoms with Crippen LogP contribution in [0.3, 0.4) is 0 Å². The van der Waals surface area contributed by atoms with Crippen LogP contribution in [-0.4, -0.2) is 34.3 Å². The third-order valence-corrected chi connectivity index (χ3v) is 6.39. The summed E-state index contributed by atoms with van der Waals surface area (Å²) in [7, 11) is 0. The Morgan fingerprint density at radius 1 is 0.868 bits per heavy atom. The van der Waals surface area contributed by atoms with Gasteiger partial charge < -0.3 is 15.1 Å². The topological polar surface area (TPSA) is 52.7 Å². The highest BCUT2D eigenvalue weighted by Crippen LogP contribution is 2.37. The minimum Gasteiger partial charge on any atom is -0.332 e. The molecule has 0 saturated carbocycles. The summed E-state index contributed by atoms with van der Waals surface area (Å²) in [5.74, 6) is -0.439. The van der Waals surface area contributed by atoms with Crippen LogP contribution < -0.4 is 5.32 Å². The first-order valence-corrected chi connectivity index (χ1v) is 12.3. The van der Waals surface area contributed by atoms with Crippen LogP contribution in [0.2, 0.25) is 0 Å². The number of hydrogen-bond donors (Lipinski definition) is 1. The van der Waals surface area contributed by atoms with Gasteiger partial charge in [-0.05, 0) is 49.1 Å². The predicted octanol–water partition coefficient (Wildman–Crippen LogP) is 7.26. The molecule has 0 fully saturated rings. The first kappa shape index (κ1) is 29.0. The monoisotopic (exact) mass is 557 g/mol. The molecule has 0 aliphatic rings. The predicted molar refractivity (Wildman–Crippen MR) is 132 cm³/mol. The van der Waals surface area contributed by atoms with Crippen molar-refractivity contribution in [2.75, 3.05) is 11.9 Å². The van der Waals surface area contributed by atoms with Crippen molar-refractivity contribution in [1.29, 1.82) is 0 Å². The van der Waals surface area contributed by atoms with Crippen LogP contribution in [0.4, 0.5) is 36.8 Å². The average Bonchev–Trinajstić information content (AvgIpc) is 3.34. The Balaban J connectivity index is 1.83. The van der Waals surface area contributed by atoms with Gasteiger partial charge in [0.2, 0.25) is 5.91 Å². The van der Waals surface area contributed by atoms with Crippen molar-refractivity contribution in [2.45, 2.75) is 45.3 Å². The molecule has 3 rings (SSSR count). The third kappa shape index (κ3) is 7.98. The van der Waals surface area contributed by atoms with Crippen LogP contribution in [0, 0.1) is 0 Å². The number of amides is 3. The first-order chi connectivity index (χ1) is 17.7. The number of benzene rings is 2. The number of nitrogens with one attached hydrogen (secondary N) is 1. The van der Waals surface area contributed by atoms with Gasteiger partial charge in [0.1, 0.15) is 6.54 Å². The van der Waals surface area contributed by atoms with Crippen molar-refractivity contribution in [3.63, 3.8) is 0 Å². The lowest BCUT2D eigenvalue weighted by Gasteiger charge is -2.30. The fraction of sp³-hybridized carbons (Fsp3) is 0.308. The maximum Gasteiger partial charge on any atom is 0.416 e. The molecule has 12 heteroatoms. The van der Waals surface area contributed by atoms with Crippen LogP contribution in [-0.2, 0) is 30.2 Å². The van der Waals surface area contributed by atoms with E-state index in [9.17, 15) is 35.9 Å². The van der Waals surface area contributed by atoms with Gasteiger partial charge in [-0.1, -0.05) is 36.4 Å². The van der Waals surface area contributed by atoms with Crippen molar-refractivity contribution >= 4 is 29.0 Å². The summed E-state index contributed by atoms with van der Waals surface area (Å²) in [4.78, 5) is 29.8. The number of carbonyl (C=O) groups excluding carboxylic acids is 2. The van der Waals surface area contributed by atoms with Gasteiger partial charge in [0.15, 0.2) is 0 Å². The standard InChI is InChI=1S/C26H25F6N3O2S/c1-17(2)35(24(37)33-21-12-19(25(27,28)29)11-20(13-21)26(30,31)32)16-23(36)34(15-22-9-6-10-38-22)14-18-7-4-3-5-8-18/h3-13,17H,14-16H2,1-2H3,(H,33,37). The van der Waals surface area contributed by atoms with Crippen LogP contribution in [0.1, 0.15) is 35.4 Å². The van der Waals surface area contributed by atoms with E-state index in [2.05, 4.69) is 5.32 Å². The maximum absolute atomic E-state index is 13.3. The van der Waals surface area contributed by atoms with Crippen LogP contribution in [0.25, 0.3) is 0 Å². The van der Waals surface area contributed by atoms with E-state index in [0.717, 1.165) is 15.3 Å². The van der Waals surface area contributed by atoms with Gasteiger partial charge in [-0.15, -0.1) is 11.3 Å². The molecule has 0 bridgehead atoms. The van der Waals surface area contributed by atoms with Crippen LogP contribution in [0.5, 0.6) is 0 Å². The fourth-order valence-electron chi connectivity index (χ4n) is 3.58. The molecule has 1 aromatic heterocycles. The van der Waals surface area contributed by atoms with E-state index in [1.165, 1.54) is 16.2 Å². The molecule has 0 atom stereocenters. The van der Waals surface area contributed by atoms with Crippen molar-refractivity contribution in [3.8, 4) is 0 Å². The first-order valence-electron chi connectivity index (χ1n) is 11.4. The molecule has 0 saturated heterocycles. The highest BCUT2D eigenvalue weighted by Gasteiger charge is 2.37. The van der Waals surface area contributed by atoms with Gasteiger partial charge in [0.25, 0.3) is 0 Å². The second-order valence-electron chi connectivity index (χ2n) is 8.76. The summed E-state index contributed by atoms with van der Waals surface area (Å²) in [6, 6.07) is 12.1. The van der Waals surface area contributed by atoms with Crippen molar-refractivity contribution in [2.24, 2.45) is 0 Å². The number of hydrogen-bond acceptors (Lipinski definition) is 3. The van der Waals surface area contributed by atoms with E-state index >= 15 is 0 Å². The number of thiophene rings is 1. The Bertz CT molecular complexity index is 1200. The van der Waals surface area contributed by atoms with Crippen LogP contribution >= 0.6 is 11.3 Å². The average molecular weight is 558 g/mol. The van der Waals surface area contributed by atoms with Gasteiger partial charge in [-0.2, -0.15) is 26.3 Å². The number of alkyl halides is 6. The zero-order valence-electron chi connectivity index (χ0n) is 20.4. The molecule has 0 aliphatic carbocycles. The Labute approximate surface area is 219 Å². The Morgan fingerprint density at radius 2 is 1.47 bits per heavy atom. The lowest BCUT2D eigenvalue weighted by Crippen LogP contribution is -2.47. The second kappa shape index (κ2) is 11.9. The normalized spacial score (nSPS) is 11.9. The Kier molecular flexibility index (Phi) is 9.08. The maximum atomic E-state index is 13.3. The molecule has 3 amide bonds. The van der Waals surface area contributed by atoms with Gasteiger partial charge in [-0.25, -0.2) is 4.79 Å². The molecule has 0 spiro atoms. The van der Waals surface area contributed by atoms with Gasteiger partial charge >= 0.3 is 18.4 Å². The minimum absolute atomic E-state index is 0.0224. The number of halogens is 6. The second-order valence-corrected chi connectivity index (χ2v) is 9.79. The number of urea groups is 1. The van der Waals surface area contributed by atoms with E-state index in [4.69, 9.17) is 0 Å². The number of nitrogens with zero attached hydrogens (tertiary/aromatic N) is 2. The summed E-state index contributed by atoms with van der Waals surface area (Å²) >= 11 is 1.45. The molecule has 0 unspecified atom stereocenters. The smallest absolute Gasteiger partial charge is 0.332 e. The Hall–Kier alpha value is -3.54. The zero-order chi connectivity index (χ0) is 28.1. The summed E-state index contributed by atoms with van der Waals surface area (Å²) in [6.45, 7) is 3.24. The fourth-order valence-corrected chi connectivity index (χ4v) is 4.30. The molecule has 38 heavy (non-hydrogen) atoms. The van der Waals surface area contributed by atoms with E-state index in [-0.39, 0.29) is 19.2 Å². The molecule has 3 aromatic rings. The highest BCUT2D eigenvalue weighted by atomic mass is 32.1. The van der Waals surface area contributed by atoms with Crippen molar-refractivity contribution in [3.05, 3.63) is 87.6 Å². The molecular formula is C26H25F6N3O2S. The van der Waals surface area contributed by atoms with Gasteiger partial charge in [0.05, 0.1) is 17.7 Å². The van der Waals surface area contributed by atoms with E-state index in [1.54, 1.807) is 13.8 Å². The van der Waals surface area contributed by atoms with E-state index in [1.807, 2.05) is 47.8 Å². The SMILES string of the molecule is CC(C)N(CC(=O)N(Cc1ccccc1)Cc1cccs1)C(=O)Nc1cc(C(F)(F)F)cc(C(F)(F)F)c1.